The van der Waals surface area contributed by atoms with Gasteiger partial charge in [-0.3, -0.25) is 4.98 Å². The first-order valence-electron chi connectivity index (χ1n) is 18.5. The number of rotatable bonds is 4. The van der Waals surface area contributed by atoms with Gasteiger partial charge in [0.2, 0.25) is 0 Å². The van der Waals surface area contributed by atoms with Crippen LogP contribution in [-0.2, 0) is 0 Å². The molecule has 0 aliphatic heterocycles. The number of fused-ring (bicyclic) bond motifs is 9. The van der Waals surface area contributed by atoms with E-state index in [-0.39, 0.29) is 0 Å². The molecule has 1 aliphatic rings. The maximum atomic E-state index is 4.86. The molecule has 3 heterocycles. The van der Waals surface area contributed by atoms with Gasteiger partial charge in [0, 0.05) is 50.2 Å². The number of hydrogen-bond donors (Lipinski definition) is 0. The summed E-state index contributed by atoms with van der Waals surface area (Å²) in [5.74, 6) is 0. The summed E-state index contributed by atoms with van der Waals surface area (Å²) in [6.45, 7) is 0. The van der Waals surface area contributed by atoms with Crippen molar-refractivity contribution in [2.45, 2.75) is 0 Å². The second-order valence-corrected chi connectivity index (χ2v) is 14.4. The maximum Gasteiger partial charge on any atom is 0.0787 e. The lowest BCUT2D eigenvalue weighted by Crippen LogP contribution is -1.95. The summed E-state index contributed by atoms with van der Waals surface area (Å²) < 4.78 is 4.84. The van der Waals surface area contributed by atoms with Gasteiger partial charge in [-0.15, -0.1) is 0 Å². The molecule has 0 bridgehead atoms. The largest absolute Gasteiger partial charge is 0.309 e. The summed E-state index contributed by atoms with van der Waals surface area (Å²) in [5, 5.41) is 7.51. The Hall–Kier alpha value is -7.23. The molecule has 54 heavy (non-hydrogen) atoms. The summed E-state index contributed by atoms with van der Waals surface area (Å²) in [5.41, 5.74) is 16.7. The van der Waals surface area contributed by atoms with E-state index in [9.17, 15) is 0 Å². The van der Waals surface area contributed by atoms with Crippen LogP contribution in [0.1, 0.15) is 0 Å². The standard InChI is InChI=1S/C51H31N3/c1-2-11-32(12-3-1)33-13-8-15-37(27-33)53-46-20-6-4-16-39(46)43-29-34(22-24-48(43)53)35-23-25-49-44(30-35)40-17-5-7-21-47(40)54(49)38-28-36-14-9-18-41-42-19-10-26-52-51(42)45(31-38)50(36)41/h1-31H. The average Bonchev–Trinajstić information content (AvgIpc) is 3.87. The first-order valence-corrected chi connectivity index (χ1v) is 18.5. The second-order valence-electron chi connectivity index (χ2n) is 14.4. The molecule has 3 aromatic heterocycles. The van der Waals surface area contributed by atoms with Crippen molar-refractivity contribution < 1.29 is 0 Å². The molecule has 0 amide bonds. The lowest BCUT2D eigenvalue weighted by molar-refractivity contribution is 1.18. The van der Waals surface area contributed by atoms with Crippen molar-refractivity contribution in [1.82, 2.24) is 14.1 Å². The molecule has 0 saturated carbocycles. The lowest BCUT2D eigenvalue weighted by Gasteiger charge is -2.12. The third-order valence-electron chi connectivity index (χ3n) is 11.5. The van der Waals surface area contributed by atoms with Gasteiger partial charge in [0.1, 0.15) is 0 Å². The van der Waals surface area contributed by atoms with E-state index in [2.05, 4.69) is 185 Å². The predicted molar refractivity (Wildman–Crippen MR) is 226 cm³/mol. The Morgan fingerprint density at radius 2 is 0.926 bits per heavy atom. The van der Waals surface area contributed by atoms with E-state index in [4.69, 9.17) is 4.98 Å². The first kappa shape index (κ1) is 29.4. The highest BCUT2D eigenvalue weighted by Crippen LogP contribution is 2.48. The Bertz CT molecular complexity index is 3330. The highest BCUT2D eigenvalue weighted by atomic mass is 15.0. The van der Waals surface area contributed by atoms with Crippen LogP contribution in [-0.4, -0.2) is 14.1 Å². The summed E-state index contributed by atoms with van der Waals surface area (Å²) in [4.78, 5) is 4.86. The predicted octanol–water partition coefficient (Wildman–Crippen LogP) is 13.4. The molecule has 11 aromatic rings. The van der Waals surface area contributed by atoms with Gasteiger partial charge in [0.25, 0.3) is 0 Å². The van der Waals surface area contributed by atoms with Crippen LogP contribution in [0.15, 0.2) is 188 Å². The van der Waals surface area contributed by atoms with Gasteiger partial charge in [-0.25, -0.2) is 0 Å². The van der Waals surface area contributed by atoms with Gasteiger partial charge >= 0.3 is 0 Å². The number of pyridine rings is 1. The molecule has 0 spiro atoms. The fourth-order valence-corrected chi connectivity index (χ4v) is 9.11. The van der Waals surface area contributed by atoms with E-state index in [1.54, 1.807) is 0 Å². The van der Waals surface area contributed by atoms with E-state index in [1.807, 2.05) is 12.3 Å². The zero-order valence-electron chi connectivity index (χ0n) is 29.2. The second kappa shape index (κ2) is 11.1. The first-order chi connectivity index (χ1) is 26.8. The van der Waals surface area contributed by atoms with E-state index in [0.717, 1.165) is 17.1 Å². The SMILES string of the molecule is c1ccc(-c2cccc(-n3c4ccccc4c4cc(-c5ccc6c(c5)c5ccccc5n6-c5cc6c7c(cccc7c5)-c5cccnc5-6)ccc43)c2)cc1. The van der Waals surface area contributed by atoms with Gasteiger partial charge in [0.15, 0.2) is 0 Å². The van der Waals surface area contributed by atoms with Crippen LogP contribution in [0, 0.1) is 0 Å². The Balaban J connectivity index is 1.03. The molecule has 12 rings (SSSR count). The van der Waals surface area contributed by atoms with Crippen molar-refractivity contribution in [3.63, 3.8) is 0 Å². The minimum absolute atomic E-state index is 1.06. The Morgan fingerprint density at radius 1 is 0.333 bits per heavy atom. The van der Waals surface area contributed by atoms with Gasteiger partial charge in [-0.2, -0.15) is 0 Å². The topological polar surface area (TPSA) is 22.8 Å². The molecular formula is C51H31N3. The molecule has 1 aliphatic carbocycles. The number of nitrogens with zero attached hydrogens (tertiary/aromatic N) is 3. The molecule has 8 aromatic carbocycles. The van der Waals surface area contributed by atoms with Crippen molar-refractivity contribution >= 4 is 54.4 Å². The van der Waals surface area contributed by atoms with Crippen LogP contribution in [0.5, 0.6) is 0 Å². The van der Waals surface area contributed by atoms with Crippen molar-refractivity contribution in [3.05, 3.63) is 188 Å². The molecule has 250 valence electrons. The van der Waals surface area contributed by atoms with E-state index in [0.29, 0.717) is 0 Å². The van der Waals surface area contributed by atoms with Crippen molar-refractivity contribution in [2.24, 2.45) is 0 Å². The minimum atomic E-state index is 1.06. The summed E-state index contributed by atoms with van der Waals surface area (Å²) in [7, 11) is 0. The lowest BCUT2D eigenvalue weighted by atomic mass is 10.0. The summed E-state index contributed by atoms with van der Waals surface area (Å²) >= 11 is 0. The maximum absolute atomic E-state index is 4.86. The Labute approximate surface area is 311 Å². The summed E-state index contributed by atoms with van der Waals surface area (Å²) in [6.07, 6.45) is 1.91. The van der Waals surface area contributed by atoms with Crippen molar-refractivity contribution in [1.29, 1.82) is 0 Å². The van der Waals surface area contributed by atoms with Gasteiger partial charge in [-0.1, -0.05) is 115 Å². The fourth-order valence-electron chi connectivity index (χ4n) is 9.11. The fraction of sp³-hybridized carbons (Fsp3) is 0. The van der Waals surface area contributed by atoms with E-state index >= 15 is 0 Å². The van der Waals surface area contributed by atoms with Crippen molar-refractivity contribution in [3.8, 4) is 56.0 Å². The van der Waals surface area contributed by atoms with Crippen LogP contribution >= 0.6 is 0 Å². The van der Waals surface area contributed by atoms with Crippen LogP contribution in [0.3, 0.4) is 0 Å². The highest BCUT2D eigenvalue weighted by Gasteiger charge is 2.24. The molecule has 0 unspecified atom stereocenters. The molecular weight excluding hydrogens is 655 g/mol. The average molecular weight is 686 g/mol. The molecule has 3 nitrogen and oxygen atoms in total. The van der Waals surface area contributed by atoms with Gasteiger partial charge in [-0.05, 0) is 105 Å². The van der Waals surface area contributed by atoms with E-state index < -0.39 is 0 Å². The number of aromatic nitrogens is 3. The monoisotopic (exact) mass is 685 g/mol. The minimum Gasteiger partial charge on any atom is -0.309 e. The van der Waals surface area contributed by atoms with Crippen molar-refractivity contribution in [2.75, 3.05) is 0 Å². The van der Waals surface area contributed by atoms with Gasteiger partial charge < -0.3 is 9.13 Å². The normalized spacial score (nSPS) is 12.1. The van der Waals surface area contributed by atoms with Crippen LogP contribution in [0.4, 0.5) is 0 Å². The third-order valence-corrected chi connectivity index (χ3v) is 11.5. The summed E-state index contributed by atoms with van der Waals surface area (Å²) in [6, 6.07) is 66.5. The molecule has 3 heteroatoms. The number of benzene rings is 8. The highest BCUT2D eigenvalue weighted by molar-refractivity contribution is 6.16. The smallest absolute Gasteiger partial charge is 0.0787 e. The van der Waals surface area contributed by atoms with Crippen LogP contribution < -0.4 is 0 Å². The quantitative estimate of drug-likeness (QED) is 0.181. The Kier molecular flexibility index (Phi) is 6.05. The molecule has 0 fully saturated rings. The molecule has 0 radical (unpaired) electrons. The van der Waals surface area contributed by atoms with Crippen LogP contribution in [0.2, 0.25) is 0 Å². The Morgan fingerprint density at radius 3 is 1.67 bits per heavy atom. The zero-order valence-corrected chi connectivity index (χ0v) is 29.2. The molecule has 0 atom stereocenters. The third kappa shape index (κ3) is 4.15. The van der Waals surface area contributed by atoms with Gasteiger partial charge in [0.05, 0.1) is 27.8 Å². The number of hydrogen-bond acceptors (Lipinski definition) is 1. The zero-order chi connectivity index (χ0) is 35.3. The van der Waals surface area contributed by atoms with Crippen LogP contribution in [0.25, 0.3) is 110 Å². The van der Waals surface area contributed by atoms with E-state index in [1.165, 1.54) is 93.3 Å². The number of para-hydroxylation sites is 2. The molecule has 0 saturated heterocycles. The molecule has 0 N–H and O–H groups in total.